The highest BCUT2D eigenvalue weighted by Crippen LogP contribution is 2.31. The van der Waals surface area contributed by atoms with Crippen molar-refractivity contribution >= 4 is 0 Å². The van der Waals surface area contributed by atoms with E-state index < -0.39 is 0 Å². The molecule has 23 heavy (non-hydrogen) atoms. The first-order chi connectivity index (χ1) is 11.0. The summed E-state index contributed by atoms with van der Waals surface area (Å²) in [5.74, 6) is 1.92. The molecule has 0 saturated carbocycles. The Kier molecular flexibility index (Phi) is 3.05. The lowest BCUT2D eigenvalue weighted by Gasteiger charge is -2.33. The van der Waals surface area contributed by atoms with Crippen LogP contribution in [-0.2, 0) is 10.2 Å². The van der Waals surface area contributed by atoms with Crippen molar-refractivity contribution in [3.8, 4) is 17.2 Å². The summed E-state index contributed by atoms with van der Waals surface area (Å²) in [6.45, 7) is 7.25. The van der Waals surface area contributed by atoms with Crippen LogP contribution in [-0.4, -0.2) is 38.1 Å². The number of hydrogen-bond donors (Lipinski definition) is 0. The second kappa shape index (κ2) is 4.99. The second-order valence-electron chi connectivity index (χ2n) is 6.22. The molecule has 0 radical (unpaired) electrons. The number of rotatable bonds is 3. The molecule has 7 heteroatoms. The molecule has 4 rings (SSSR count). The highest BCUT2D eigenvalue weighted by Gasteiger charge is 2.40. The van der Waals surface area contributed by atoms with Gasteiger partial charge in [-0.3, -0.25) is 0 Å². The van der Waals surface area contributed by atoms with Gasteiger partial charge in [-0.05, 0) is 39.0 Å². The molecular formula is C16H17N5O2. The molecule has 3 aromatic rings. The van der Waals surface area contributed by atoms with Crippen molar-refractivity contribution in [2.75, 3.05) is 13.2 Å². The molecule has 0 atom stereocenters. The van der Waals surface area contributed by atoms with Gasteiger partial charge in [0.15, 0.2) is 5.82 Å². The summed E-state index contributed by atoms with van der Waals surface area (Å²) in [6.07, 6.45) is 1.74. The van der Waals surface area contributed by atoms with E-state index in [0.29, 0.717) is 24.9 Å². The highest BCUT2D eigenvalue weighted by atomic mass is 16.5. The zero-order chi connectivity index (χ0) is 16.0. The normalized spacial score (nSPS) is 16.3. The van der Waals surface area contributed by atoms with Crippen LogP contribution in [0.15, 0.2) is 28.9 Å². The van der Waals surface area contributed by atoms with Gasteiger partial charge >= 0.3 is 0 Å². The third-order valence-corrected chi connectivity index (χ3v) is 4.02. The van der Waals surface area contributed by atoms with Gasteiger partial charge in [0.25, 0.3) is 0 Å². The fourth-order valence-corrected chi connectivity index (χ4v) is 2.62. The monoisotopic (exact) mass is 311 g/mol. The number of nitrogens with zero attached hydrogens (tertiary/aromatic N) is 5. The molecule has 3 aromatic heterocycles. The second-order valence-corrected chi connectivity index (χ2v) is 6.22. The van der Waals surface area contributed by atoms with Gasteiger partial charge in [-0.15, -0.1) is 0 Å². The first kappa shape index (κ1) is 14.1. The maximum atomic E-state index is 5.38. The van der Waals surface area contributed by atoms with Crippen LogP contribution in [0.3, 0.4) is 0 Å². The van der Waals surface area contributed by atoms with Crippen LogP contribution >= 0.6 is 0 Å². The maximum Gasteiger partial charge on any atom is 0.237 e. The zero-order valence-corrected chi connectivity index (χ0v) is 13.3. The van der Waals surface area contributed by atoms with Gasteiger partial charge in [0, 0.05) is 17.5 Å². The summed E-state index contributed by atoms with van der Waals surface area (Å²) in [5, 5.41) is 8.48. The topological polar surface area (TPSA) is 78.9 Å². The summed E-state index contributed by atoms with van der Waals surface area (Å²) >= 11 is 0. The Morgan fingerprint density at radius 1 is 1.22 bits per heavy atom. The van der Waals surface area contributed by atoms with Crippen molar-refractivity contribution in [2.45, 2.75) is 26.2 Å². The van der Waals surface area contributed by atoms with Crippen molar-refractivity contribution in [2.24, 2.45) is 0 Å². The SMILES string of the molecule is Cc1cc(C)n(-c2ccc(-c3noc(C4(C)COC4)n3)cn2)n1. The zero-order valence-electron chi connectivity index (χ0n) is 13.3. The molecule has 1 fully saturated rings. The molecule has 0 unspecified atom stereocenters. The van der Waals surface area contributed by atoms with Crippen LogP contribution in [0.2, 0.25) is 0 Å². The lowest BCUT2D eigenvalue weighted by Crippen LogP contribution is -2.44. The summed E-state index contributed by atoms with van der Waals surface area (Å²) in [4.78, 5) is 8.94. The molecule has 0 bridgehead atoms. The molecular weight excluding hydrogens is 294 g/mol. The Morgan fingerprint density at radius 3 is 2.61 bits per heavy atom. The van der Waals surface area contributed by atoms with Crippen LogP contribution in [0.4, 0.5) is 0 Å². The fourth-order valence-electron chi connectivity index (χ4n) is 2.62. The van der Waals surface area contributed by atoms with E-state index in [9.17, 15) is 0 Å². The summed E-state index contributed by atoms with van der Waals surface area (Å²) in [7, 11) is 0. The Bertz CT molecular complexity index is 846. The third-order valence-electron chi connectivity index (χ3n) is 4.02. The van der Waals surface area contributed by atoms with E-state index >= 15 is 0 Å². The van der Waals surface area contributed by atoms with Gasteiger partial charge in [0.2, 0.25) is 11.7 Å². The maximum absolute atomic E-state index is 5.38. The Labute approximate surface area is 133 Å². The quantitative estimate of drug-likeness (QED) is 0.738. The van der Waals surface area contributed by atoms with Gasteiger partial charge in [-0.1, -0.05) is 5.16 Å². The average molecular weight is 311 g/mol. The van der Waals surface area contributed by atoms with Crippen LogP contribution in [0.5, 0.6) is 0 Å². The Hall–Kier alpha value is -2.54. The Morgan fingerprint density at radius 2 is 2.04 bits per heavy atom. The summed E-state index contributed by atoms with van der Waals surface area (Å²) in [5.41, 5.74) is 2.66. The number of aryl methyl sites for hydroxylation is 2. The van der Waals surface area contributed by atoms with Crippen LogP contribution < -0.4 is 0 Å². The first-order valence-corrected chi connectivity index (χ1v) is 7.47. The minimum Gasteiger partial charge on any atom is -0.379 e. The van der Waals surface area contributed by atoms with E-state index in [0.717, 1.165) is 22.8 Å². The predicted octanol–water partition coefficient (Wildman–Crippen LogP) is 2.22. The van der Waals surface area contributed by atoms with Crippen molar-refractivity contribution in [3.05, 3.63) is 41.7 Å². The molecule has 0 N–H and O–H groups in total. The first-order valence-electron chi connectivity index (χ1n) is 7.47. The lowest BCUT2D eigenvalue weighted by molar-refractivity contribution is -0.0644. The molecule has 0 aromatic carbocycles. The number of pyridine rings is 1. The standard InChI is InChI=1S/C16H17N5O2/c1-10-6-11(2)21(19-10)13-5-4-12(7-17-13)14-18-15(23-20-14)16(3)8-22-9-16/h4-7H,8-9H2,1-3H3. The van der Waals surface area contributed by atoms with Crippen molar-refractivity contribution in [1.82, 2.24) is 24.9 Å². The molecule has 0 amide bonds. The van der Waals surface area contributed by atoms with Crippen molar-refractivity contribution in [3.63, 3.8) is 0 Å². The van der Waals surface area contributed by atoms with E-state index in [1.807, 2.05) is 36.7 Å². The molecule has 7 nitrogen and oxygen atoms in total. The highest BCUT2D eigenvalue weighted by molar-refractivity contribution is 5.54. The van der Waals surface area contributed by atoms with Gasteiger partial charge in [-0.2, -0.15) is 10.1 Å². The van der Waals surface area contributed by atoms with Crippen LogP contribution in [0, 0.1) is 13.8 Å². The molecule has 1 saturated heterocycles. The van der Waals surface area contributed by atoms with E-state index in [4.69, 9.17) is 9.26 Å². The fraction of sp³-hybridized carbons (Fsp3) is 0.375. The summed E-state index contributed by atoms with van der Waals surface area (Å²) in [6, 6.07) is 5.84. The van der Waals surface area contributed by atoms with Crippen molar-refractivity contribution in [1.29, 1.82) is 0 Å². The molecule has 1 aliphatic heterocycles. The minimum absolute atomic E-state index is 0.164. The number of ether oxygens (including phenoxy) is 1. The van der Waals surface area contributed by atoms with Gasteiger partial charge < -0.3 is 9.26 Å². The van der Waals surface area contributed by atoms with Crippen LogP contribution in [0.1, 0.15) is 24.2 Å². The van der Waals surface area contributed by atoms with Gasteiger partial charge in [0.05, 0.1) is 24.3 Å². The molecule has 1 aliphatic rings. The van der Waals surface area contributed by atoms with E-state index in [1.54, 1.807) is 6.20 Å². The average Bonchev–Trinajstić information content (AvgIpc) is 3.12. The predicted molar refractivity (Wildman–Crippen MR) is 82.3 cm³/mol. The molecule has 0 aliphatic carbocycles. The smallest absolute Gasteiger partial charge is 0.237 e. The number of hydrogen-bond acceptors (Lipinski definition) is 6. The lowest BCUT2D eigenvalue weighted by atomic mass is 9.89. The van der Waals surface area contributed by atoms with Crippen LogP contribution in [0.25, 0.3) is 17.2 Å². The summed E-state index contributed by atoms with van der Waals surface area (Å²) < 4.78 is 12.4. The molecule has 4 heterocycles. The molecule has 118 valence electrons. The van der Waals surface area contributed by atoms with Gasteiger partial charge in [0.1, 0.15) is 0 Å². The minimum atomic E-state index is -0.164. The molecule has 0 spiro atoms. The van der Waals surface area contributed by atoms with Gasteiger partial charge in [-0.25, -0.2) is 9.67 Å². The van der Waals surface area contributed by atoms with E-state index in [2.05, 4.69) is 27.1 Å². The van der Waals surface area contributed by atoms with E-state index in [1.165, 1.54) is 0 Å². The van der Waals surface area contributed by atoms with E-state index in [-0.39, 0.29) is 5.41 Å². The Balaban J connectivity index is 1.62. The number of aromatic nitrogens is 5. The van der Waals surface area contributed by atoms with Crippen molar-refractivity contribution < 1.29 is 9.26 Å². The third kappa shape index (κ3) is 2.33. The largest absolute Gasteiger partial charge is 0.379 e.